The maximum Gasteiger partial charge on any atom is 0.240 e. The van der Waals surface area contributed by atoms with Gasteiger partial charge >= 0.3 is 0 Å². The van der Waals surface area contributed by atoms with Crippen LogP contribution in [0.25, 0.3) is 10.2 Å². The molecule has 0 bridgehead atoms. The molecule has 3 rings (SSSR count). The number of thioether (sulfide) groups is 1. The molecule has 1 saturated heterocycles. The first kappa shape index (κ1) is 22.7. The summed E-state index contributed by atoms with van der Waals surface area (Å²) < 4.78 is 1.07. The van der Waals surface area contributed by atoms with Crippen LogP contribution in [0.1, 0.15) is 31.7 Å². The number of nitrogens with zero attached hydrogens (tertiary/aromatic N) is 3. The minimum atomic E-state index is -0.0746. The first-order chi connectivity index (χ1) is 14.4. The molecule has 1 aliphatic rings. The minimum Gasteiger partial charge on any atom is -0.340 e. The van der Waals surface area contributed by atoms with E-state index < -0.39 is 0 Å². The van der Waals surface area contributed by atoms with Crippen LogP contribution in [0, 0.1) is 6.92 Å². The molecule has 1 aliphatic heterocycles. The second kappa shape index (κ2) is 10.9. The van der Waals surface area contributed by atoms with Crippen LogP contribution in [0.4, 0.5) is 5.13 Å². The number of hydrogen-bond acceptors (Lipinski definition) is 7. The van der Waals surface area contributed by atoms with Crippen molar-refractivity contribution in [3.05, 3.63) is 23.8 Å². The van der Waals surface area contributed by atoms with Crippen molar-refractivity contribution < 1.29 is 14.4 Å². The molecule has 162 valence electrons. The molecule has 2 heterocycles. The summed E-state index contributed by atoms with van der Waals surface area (Å²) in [4.78, 5) is 44.1. The lowest BCUT2D eigenvalue weighted by atomic mass is 10.2. The van der Waals surface area contributed by atoms with E-state index >= 15 is 0 Å². The molecule has 0 unspecified atom stereocenters. The Hall–Kier alpha value is -1.97. The third kappa shape index (κ3) is 6.52. The van der Waals surface area contributed by atoms with Crippen molar-refractivity contribution in [3.63, 3.8) is 0 Å². The van der Waals surface area contributed by atoms with E-state index in [9.17, 15) is 14.4 Å². The van der Waals surface area contributed by atoms with Crippen molar-refractivity contribution in [2.45, 2.75) is 33.1 Å². The van der Waals surface area contributed by atoms with E-state index in [1.54, 1.807) is 6.92 Å². The summed E-state index contributed by atoms with van der Waals surface area (Å²) in [5.41, 5.74) is 2.03. The maximum absolute atomic E-state index is 12.4. The highest BCUT2D eigenvalue weighted by Crippen LogP contribution is 2.27. The number of thiazole rings is 1. The lowest BCUT2D eigenvalue weighted by Gasteiger charge is -2.34. The van der Waals surface area contributed by atoms with Gasteiger partial charge in [0, 0.05) is 45.3 Å². The molecule has 30 heavy (non-hydrogen) atoms. The Morgan fingerprint density at radius 2 is 1.93 bits per heavy atom. The summed E-state index contributed by atoms with van der Waals surface area (Å²) in [6, 6.07) is 6.01. The van der Waals surface area contributed by atoms with Gasteiger partial charge in [0.1, 0.15) is 0 Å². The van der Waals surface area contributed by atoms with Crippen molar-refractivity contribution in [3.8, 4) is 0 Å². The van der Waals surface area contributed by atoms with Crippen LogP contribution in [0.15, 0.2) is 18.2 Å². The van der Waals surface area contributed by atoms with E-state index in [0.29, 0.717) is 44.3 Å². The smallest absolute Gasteiger partial charge is 0.240 e. The summed E-state index contributed by atoms with van der Waals surface area (Å²) in [5.74, 6) is 0.867. The van der Waals surface area contributed by atoms with Crippen molar-refractivity contribution in [1.82, 2.24) is 14.8 Å². The fourth-order valence-corrected chi connectivity index (χ4v) is 5.01. The Morgan fingerprint density at radius 3 is 2.63 bits per heavy atom. The number of carbonyl (C=O) groups excluding carboxylic acids is 3. The van der Waals surface area contributed by atoms with E-state index in [0.717, 1.165) is 34.4 Å². The van der Waals surface area contributed by atoms with Gasteiger partial charge in [0.25, 0.3) is 0 Å². The Kier molecular flexibility index (Phi) is 8.24. The van der Waals surface area contributed by atoms with Gasteiger partial charge in [0.05, 0.1) is 16.8 Å². The van der Waals surface area contributed by atoms with Crippen molar-refractivity contribution >= 4 is 55.4 Å². The maximum atomic E-state index is 12.4. The number of anilines is 1. The highest BCUT2D eigenvalue weighted by atomic mass is 32.2. The van der Waals surface area contributed by atoms with Crippen LogP contribution in [0.2, 0.25) is 0 Å². The average molecular weight is 449 g/mol. The lowest BCUT2D eigenvalue weighted by Crippen LogP contribution is -2.50. The lowest BCUT2D eigenvalue weighted by molar-refractivity contribution is -0.133. The number of nitrogens with one attached hydrogen (secondary N) is 1. The fraction of sp³-hybridized carbons (Fsp3) is 0.524. The zero-order valence-corrected chi connectivity index (χ0v) is 19.1. The molecule has 1 aromatic heterocycles. The minimum absolute atomic E-state index is 0.0746. The van der Waals surface area contributed by atoms with Gasteiger partial charge in [-0.25, -0.2) is 4.98 Å². The summed E-state index contributed by atoms with van der Waals surface area (Å²) in [5, 5.41) is 3.66. The molecule has 0 aliphatic carbocycles. The highest BCUT2D eigenvalue weighted by Gasteiger charge is 2.22. The third-order valence-corrected chi connectivity index (χ3v) is 6.88. The van der Waals surface area contributed by atoms with Gasteiger partial charge in [-0.3, -0.25) is 19.3 Å². The topological polar surface area (TPSA) is 82.6 Å². The van der Waals surface area contributed by atoms with Gasteiger partial charge in [-0.05, 0) is 31.4 Å². The molecule has 0 saturated carbocycles. The van der Waals surface area contributed by atoms with Gasteiger partial charge in [-0.1, -0.05) is 35.2 Å². The third-order valence-electron chi connectivity index (χ3n) is 5.05. The molecular weight excluding hydrogens is 420 g/mol. The van der Waals surface area contributed by atoms with Crippen LogP contribution in [0.3, 0.4) is 0 Å². The number of aryl methyl sites for hydroxylation is 1. The van der Waals surface area contributed by atoms with Gasteiger partial charge in [-0.15, -0.1) is 0 Å². The Morgan fingerprint density at radius 1 is 1.17 bits per heavy atom. The molecular formula is C21H28N4O3S2. The monoisotopic (exact) mass is 448 g/mol. The molecule has 1 aromatic carbocycles. The molecule has 1 N–H and O–H groups in total. The number of unbranched alkanes of at least 4 members (excludes halogenated alkanes) is 1. The first-order valence-corrected chi connectivity index (χ1v) is 12.0. The number of rotatable bonds is 8. The van der Waals surface area contributed by atoms with Crippen LogP contribution in [-0.4, -0.2) is 70.2 Å². The summed E-state index contributed by atoms with van der Waals surface area (Å²) >= 11 is 2.80. The van der Waals surface area contributed by atoms with E-state index in [2.05, 4.69) is 15.2 Å². The molecule has 1 fully saturated rings. The number of amides is 2. The molecule has 2 aromatic rings. The number of aromatic nitrogens is 1. The number of para-hydroxylation sites is 1. The van der Waals surface area contributed by atoms with E-state index in [-0.39, 0.29) is 16.9 Å². The predicted octanol–water partition coefficient (Wildman–Crippen LogP) is 3.14. The summed E-state index contributed by atoms with van der Waals surface area (Å²) in [6.07, 6.45) is 2.21. The average Bonchev–Trinajstić information content (AvgIpc) is 3.11. The SMILES string of the molecule is CC(=O)SCCCCC(=O)N1CCN(CC(=O)Nc2nc3c(C)cccc3s2)CC1. The van der Waals surface area contributed by atoms with Gasteiger partial charge in [0.2, 0.25) is 11.8 Å². The van der Waals surface area contributed by atoms with E-state index in [1.165, 1.54) is 23.1 Å². The zero-order chi connectivity index (χ0) is 21.5. The van der Waals surface area contributed by atoms with Crippen molar-refractivity contribution in [1.29, 1.82) is 0 Å². The predicted molar refractivity (Wildman–Crippen MR) is 123 cm³/mol. The van der Waals surface area contributed by atoms with Gasteiger partial charge in [0.15, 0.2) is 10.2 Å². The van der Waals surface area contributed by atoms with Crippen LogP contribution in [-0.2, 0) is 14.4 Å². The second-order valence-electron chi connectivity index (χ2n) is 7.44. The van der Waals surface area contributed by atoms with Gasteiger partial charge < -0.3 is 10.2 Å². The van der Waals surface area contributed by atoms with E-state index in [4.69, 9.17) is 0 Å². The molecule has 7 nitrogen and oxygen atoms in total. The molecule has 2 amide bonds. The highest BCUT2D eigenvalue weighted by molar-refractivity contribution is 8.13. The summed E-state index contributed by atoms with van der Waals surface area (Å²) in [6.45, 7) is 6.56. The van der Waals surface area contributed by atoms with E-state index in [1.807, 2.05) is 30.0 Å². The van der Waals surface area contributed by atoms with Gasteiger partial charge in [-0.2, -0.15) is 0 Å². The largest absolute Gasteiger partial charge is 0.340 e. The number of benzene rings is 1. The Balaban J connectivity index is 1.37. The first-order valence-electron chi connectivity index (χ1n) is 10.2. The van der Waals surface area contributed by atoms with Crippen molar-refractivity contribution in [2.75, 3.05) is 43.8 Å². The Bertz CT molecular complexity index is 907. The Labute approximate surface area is 185 Å². The zero-order valence-electron chi connectivity index (χ0n) is 17.5. The second-order valence-corrected chi connectivity index (χ2v) is 9.75. The fourth-order valence-electron chi connectivity index (χ4n) is 3.41. The summed E-state index contributed by atoms with van der Waals surface area (Å²) in [7, 11) is 0. The van der Waals surface area contributed by atoms with Crippen LogP contribution >= 0.6 is 23.1 Å². The van der Waals surface area contributed by atoms with Crippen molar-refractivity contribution in [2.24, 2.45) is 0 Å². The quantitative estimate of drug-likeness (QED) is 0.625. The molecule has 0 spiro atoms. The standard InChI is InChI=1S/C21H28N4O3S2/c1-15-6-5-7-17-20(15)23-21(30-17)22-18(27)14-24-9-11-25(12-10-24)19(28)8-3-4-13-29-16(2)26/h5-7H,3-4,8-14H2,1-2H3,(H,22,23,27). The number of fused-ring (bicyclic) bond motifs is 1. The number of piperazine rings is 1. The number of carbonyl (C=O) groups is 3. The molecule has 0 radical (unpaired) electrons. The number of hydrogen-bond donors (Lipinski definition) is 1. The normalized spacial score (nSPS) is 14.8. The van der Waals surface area contributed by atoms with Crippen LogP contribution < -0.4 is 5.32 Å². The molecule has 0 atom stereocenters. The van der Waals surface area contributed by atoms with Crippen LogP contribution in [0.5, 0.6) is 0 Å². The molecule has 9 heteroatoms.